The van der Waals surface area contributed by atoms with Gasteiger partial charge in [0.05, 0.1) is 13.2 Å². The van der Waals surface area contributed by atoms with Gasteiger partial charge in [-0.2, -0.15) is 0 Å². The summed E-state index contributed by atoms with van der Waals surface area (Å²) >= 11 is 0. The van der Waals surface area contributed by atoms with Crippen molar-refractivity contribution in [3.63, 3.8) is 0 Å². The lowest BCUT2D eigenvalue weighted by atomic mass is 10.2. The molecule has 76 valence electrons. The monoisotopic (exact) mass is 194 g/mol. The van der Waals surface area contributed by atoms with E-state index in [0.717, 1.165) is 6.42 Å². The highest BCUT2D eigenvalue weighted by Gasteiger charge is 1.97. The van der Waals surface area contributed by atoms with Crippen molar-refractivity contribution in [1.82, 2.24) is 0 Å². The molecule has 0 atom stereocenters. The quantitative estimate of drug-likeness (QED) is 0.325. The van der Waals surface area contributed by atoms with E-state index < -0.39 is 0 Å². The van der Waals surface area contributed by atoms with Gasteiger partial charge in [-0.25, -0.2) is 0 Å². The van der Waals surface area contributed by atoms with Gasteiger partial charge in [-0.3, -0.25) is 0 Å². The Kier molecular flexibility index (Phi) is 4.50. The normalized spacial score (nSPS) is 11.4. The van der Waals surface area contributed by atoms with Crippen LogP contribution in [0.25, 0.3) is 0 Å². The van der Waals surface area contributed by atoms with Crippen LogP contribution < -0.4 is 5.73 Å². The van der Waals surface area contributed by atoms with Crippen LogP contribution in [0.3, 0.4) is 0 Å². The van der Waals surface area contributed by atoms with Crippen LogP contribution in [-0.2, 0) is 11.2 Å². The van der Waals surface area contributed by atoms with Crippen molar-refractivity contribution in [3.8, 4) is 0 Å². The standard InChI is InChI=1S/C10H14N2O2/c11-8-10(12-13)14-7-6-9-4-2-1-3-5-9/h1-5,13H,6-8,11H2/b12-10+. The average Bonchev–Trinajstić information content (AvgIpc) is 2.26. The van der Waals surface area contributed by atoms with Gasteiger partial charge in [0, 0.05) is 6.42 Å². The third-order valence-corrected chi connectivity index (χ3v) is 1.79. The van der Waals surface area contributed by atoms with Gasteiger partial charge >= 0.3 is 0 Å². The van der Waals surface area contributed by atoms with Crippen LogP contribution in [0.1, 0.15) is 5.56 Å². The van der Waals surface area contributed by atoms with Crippen LogP contribution in [0.2, 0.25) is 0 Å². The largest absolute Gasteiger partial charge is 0.477 e. The molecule has 0 saturated heterocycles. The molecule has 0 aliphatic carbocycles. The van der Waals surface area contributed by atoms with Crippen LogP contribution in [-0.4, -0.2) is 24.3 Å². The molecular formula is C10H14N2O2. The van der Waals surface area contributed by atoms with Gasteiger partial charge in [-0.05, 0) is 5.56 Å². The molecule has 0 saturated carbocycles. The SMILES string of the molecule is NC/C(=N\O)OCCc1ccccc1. The first-order valence-corrected chi connectivity index (χ1v) is 4.44. The fourth-order valence-corrected chi connectivity index (χ4v) is 1.06. The number of nitrogens with two attached hydrogens (primary N) is 1. The first-order chi connectivity index (χ1) is 6.86. The van der Waals surface area contributed by atoms with E-state index in [-0.39, 0.29) is 12.4 Å². The minimum atomic E-state index is 0.116. The summed E-state index contributed by atoms with van der Waals surface area (Å²) in [5.74, 6) is 0.168. The Morgan fingerprint density at radius 2 is 2.07 bits per heavy atom. The van der Waals surface area contributed by atoms with Crippen molar-refractivity contribution in [2.75, 3.05) is 13.2 Å². The minimum absolute atomic E-state index is 0.116. The maximum Gasteiger partial charge on any atom is 0.239 e. The maximum absolute atomic E-state index is 8.41. The third kappa shape index (κ3) is 3.45. The molecule has 0 fully saturated rings. The number of benzene rings is 1. The minimum Gasteiger partial charge on any atom is -0.477 e. The van der Waals surface area contributed by atoms with E-state index in [0.29, 0.717) is 6.61 Å². The van der Waals surface area contributed by atoms with Crippen LogP contribution in [0.5, 0.6) is 0 Å². The van der Waals surface area contributed by atoms with Gasteiger partial charge in [0.2, 0.25) is 5.90 Å². The van der Waals surface area contributed by atoms with E-state index in [1.54, 1.807) is 0 Å². The number of hydrogen-bond acceptors (Lipinski definition) is 4. The molecule has 0 aromatic heterocycles. The third-order valence-electron chi connectivity index (χ3n) is 1.79. The first kappa shape index (κ1) is 10.5. The molecule has 14 heavy (non-hydrogen) atoms. The summed E-state index contributed by atoms with van der Waals surface area (Å²) in [6.45, 7) is 0.589. The molecule has 4 nitrogen and oxygen atoms in total. The molecule has 0 heterocycles. The first-order valence-electron chi connectivity index (χ1n) is 4.44. The number of hydrogen-bond donors (Lipinski definition) is 2. The summed E-state index contributed by atoms with van der Waals surface area (Å²) in [4.78, 5) is 0. The fraction of sp³-hybridized carbons (Fsp3) is 0.300. The van der Waals surface area contributed by atoms with Gasteiger partial charge in [0.25, 0.3) is 0 Å². The van der Waals surface area contributed by atoms with E-state index >= 15 is 0 Å². The van der Waals surface area contributed by atoms with Crippen molar-refractivity contribution >= 4 is 5.90 Å². The Morgan fingerprint density at radius 3 is 2.64 bits per heavy atom. The smallest absolute Gasteiger partial charge is 0.239 e. The van der Waals surface area contributed by atoms with Crippen LogP contribution in [0.4, 0.5) is 0 Å². The summed E-state index contributed by atoms with van der Waals surface area (Å²) in [6.07, 6.45) is 0.778. The zero-order chi connectivity index (χ0) is 10.2. The molecule has 0 spiro atoms. The van der Waals surface area contributed by atoms with Gasteiger partial charge in [-0.15, -0.1) is 0 Å². The van der Waals surface area contributed by atoms with Crippen LogP contribution >= 0.6 is 0 Å². The van der Waals surface area contributed by atoms with Crippen molar-refractivity contribution in [3.05, 3.63) is 35.9 Å². The van der Waals surface area contributed by atoms with Crippen molar-refractivity contribution < 1.29 is 9.94 Å². The molecule has 0 unspecified atom stereocenters. The molecule has 0 aliphatic heterocycles. The van der Waals surface area contributed by atoms with E-state index in [9.17, 15) is 0 Å². The summed E-state index contributed by atoms with van der Waals surface area (Å²) in [6, 6.07) is 9.94. The highest BCUT2D eigenvalue weighted by atomic mass is 16.5. The summed E-state index contributed by atoms with van der Waals surface area (Å²) < 4.78 is 5.12. The van der Waals surface area contributed by atoms with Crippen LogP contribution in [0, 0.1) is 0 Å². The lowest BCUT2D eigenvalue weighted by molar-refractivity contribution is 0.253. The van der Waals surface area contributed by atoms with E-state index in [4.69, 9.17) is 15.7 Å². The zero-order valence-corrected chi connectivity index (χ0v) is 7.89. The van der Waals surface area contributed by atoms with E-state index in [2.05, 4.69) is 5.16 Å². The molecule has 0 radical (unpaired) electrons. The van der Waals surface area contributed by atoms with Gasteiger partial charge in [-0.1, -0.05) is 35.5 Å². The molecule has 1 aromatic rings. The summed E-state index contributed by atoms with van der Waals surface area (Å²) in [5.41, 5.74) is 6.43. The highest BCUT2D eigenvalue weighted by Crippen LogP contribution is 1.99. The number of oxime groups is 1. The van der Waals surface area contributed by atoms with Crippen molar-refractivity contribution in [2.45, 2.75) is 6.42 Å². The molecule has 4 heteroatoms. The predicted octanol–water partition coefficient (Wildman–Crippen LogP) is 0.992. The zero-order valence-electron chi connectivity index (χ0n) is 7.89. The molecule has 0 aliphatic rings. The predicted molar refractivity (Wildman–Crippen MR) is 54.4 cm³/mol. The Bertz CT molecular complexity index is 285. The molecule has 0 bridgehead atoms. The lowest BCUT2D eigenvalue weighted by Gasteiger charge is -2.05. The molecule has 1 rings (SSSR count). The Balaban J connectivity index is 2.29. The summed E-state index contributed by atoms with van der Waals surface area (Å²) in [7, 11) is 0. The molecule has 0 amide bonds. The van der Waals surface area contributed by atoms with E-state index in [1.165, 1.54) is 5.56 Å². The second-order valence-electron chi connectivity index (χ2n) is 2.78. The maximum atomic E-state index is 8.41. The van der Waals surface area contributed by atoms with Gasteiger partial charge in [0.15, 0.2) is 0 Å². The van der Waals surface area contributed by atoms with E-state index in [1.807, 2.05) is 30.3 Å². The number of rotatable bonds is 4. The fourth-order valence-electron chi connectivity index (χ4n) is 1.06. The number of ether oxygens (including phenoxy) is 1. The van der Waals surface area contributed by atoms with Crippen LogP contribution in [0.15, 0.2) is 35.5 Å². The number of nitrogens with zero attached hydrogens (tertiary/aromatic N) is 1. The second-order valence-corrected chi connectivity index (χ2v) is 2.78. The second kappa shape index (κ2) is 5.99. The van der Waals surface area contributed by atoms with Gasteiger partial charge in [0.1, 0.15) is 0 Å². The summed E-state index contributed by atoms with van der Waals surface area (Å²) in [5, 5.41) is 11.3. The van der Waals surface area contributed by atoms with Gasteiger partial charge < -0.3 is 15.7 Å². The molecular weight excluding hydrogens is 180 g/mol. The molecule has 3 N–H and O–H groups in total. The highest BCUT2D eigenvalue weighted by molar-refractivity contribution is 5.77. The van der Waals surface area contributed by atoms with Crippen molar-refractivity contribution in [2.24, 2.45) is 10.9 Å². The lowest BCUT2D eigenvalue weighted by Crippen LogP contribution is -2.18. The molecule has 1 aromatic carbocycles. The Morgan fingerprint density at radius 1 is 1.36 bits per heavy atom. The Labute approximate surface area is 83.0 Å². The van der Waals surface area contributed by atoms with Crippen molar-refractivity contribution in [1.29, 1.82) is 0 Å². The topological polar surface area (TPSA) is 67.8 Å². The average molecular weight is 194 g/mol. The Hall–Kier alpha value is -1.55.